The van der Waals surface area contributed by atoms with Crippen LogP contribution in [0.1, 0.15) is 72.5 Å². The number of benzene rings is 1. The molecule has 0 radical (unpaired) electrons. The number of ether oxygens (including phenoxy) is 1. The summed E-state index contributed by atoms with van der Waals surface area (Å²) < 4.78 is 47.7. The largest absolute Gasteiger partial charge is 0.464 e. The third-order valence-corrected chi connectivity index (χ3v) is 4.52. The molecular weight excluding hydrogens is 373 g/mol. The zero-order chi connectivity index (χ0) is 21.4. The number of aliphatic hydroxyl groups is 1. The highest BCUT2D eigenvalue weighted by Crippen LogP contribution is 2.38. The Bertz CT molecular complexity index is 878. The van der Waals surface area contributed by atoms with Crippen LogP contribution in [0.3, 0.4) is 0 Å². The van der Waals surface area contributed by atoms with Gasteiger partial charge in [0, 0.05) is 17.7 Å². The van der Waals surface area contributed by atoms with Gasteiger partial charge in [-0.15, -0.1) is 0 Å². The van der Waals surface area contributed by atoms with Crippen molar-refractivity contribution >= 4 is 5.97 Å². The third-order valence-electron chi connectivity index (χ3n) is 4.52. The lowest BCUT2D eigenvalue weighted by molar-refractivity contribution is -0.139. The van der Waals surface area contributed by atoms with Crippen LogP contribution >= 0.6 is 0 Å². The second-order valence-electron chi connectivity index (χ2n) is 7.75. The number of hydrogen-bond donors (Lipinski definition) is 1. The molecule has 1 aromatic carbocycles. The van der Waals surface area contributed by atoms with Gasteiger partial charge >= 0.3 is 12.1 Å². The van der Waals surface area contributed by atoms with Crippen molar-refractivity contribution in [3.63, 3.8) is 0 Å². The predicted octanol–water partition coefficient (Wildman–Crippen LogP) is 4.40. The zero-order valence-corrected chi connectivity index (χ0v) is 16.8. The molecule has 8 heteroatoms. The first-order valence-corrected chi connectivity index (χ1v) is 8.82. The first-order chi connectivity index (χ1) is 12.8. The van der Waals surface area contributed by atoms with Gasteiger partial charge in [0.1, 0.15) is 5.82 Å². The van der Waals surface area contributed by atoms with Gasteiger partial charge in [-0.2, -0.15) is 13.2 Å². The molecule has 1 heterocycles. The van der Waals surface area contributed by atoms with Crippen LogP contribution in [-0.2, 0) is 22.9 Å². The Labute approximate surface area is 162 Å². The van der Waals surface area contributed by atoms with E-state index in [0.717, 1.165) is 0 Å². The maximum atomic E-state index is 13.8. The smallest absolute Gasteiger partial charge is 0.417 e. The summed E-state index contributed by atoms with van der Waals surface area (Å²) in [5, 5.41) is 9.83. The van der Waals surface area contributed by atoms with Crippen LogP contribution in [0.2, 0.25) is 0 Å². The second-order valence-corrected chi connectivity index (χ2v) is 7.75. The zero-order valence-electron chi connectivity index (χ0n) is 16.8. The molecule has 0 amide bonds. The number of esters is 1. The summed E-state index contributed by atoms with van der Waals surface area (Å²) in [7, 11) is 1.23. The van der Waals surface area contributed by atoms with Gasteiger partial charge in [0.15, 0.2) is 5.69 Å². The number of carbonyl (C=O) groups is 1. The highest BCUT2D eigenvalue weighted by Gasteiger charge is 2.37. The molecule has 0 bridgehead atoms. The van der Waals surface area contributed by atoms with Crippen molar-refractivity contribution in [1.29, 1.82) is 0 Å². The molecular formula is C20H25F3N2O3. The van der Waals surface area contributed by atoms with Crippen LogP contribution in [0.25, 0.3) is 0 Å². The van der Waals surface area contributed by atoms with Gasteiger partial charge in [0.2, 0.25) is 0 Å². The molecule has 0 fully saturated rings. The lowest BCUT2D eigenvalue weighted by Crippen LogP contribution is -2.22. The minimum atomic E-state index is -4.63. The molecule has 2 rings (SSSR count). The summed E-state index contributed by atoms with van der Waals surface area (Å²) in [4.78, 5) is 16.4. The van der Waals surface area contributed by atoms with Crippen LogP contribution in [-0.4, -0.2) is 27.7 Å². The monoisotopic (exact) mass is 398 g/mol. The lowest BCUT2D eigenvalue weighted by Gasteiger charge is -2.23. The normalized spacial score (nSPS) is 13.5. The summed E-state index contributed by atoms with van der Waals surface area (Å²) in [6.07, 6.45) is -5.90. The molecule has 0 aliphatic heterocycles. The Kier molecular flexibility index (Phi) is 5.94. The minimum Gasteiger partial charge on any atom is -0.464 e. The standard InChI is InChI=1S/C20H25F3N2O3/c1-11-16(17(27)28-6)24-18(19(3,4)5)25(11)10-13-8-7-9-14(12(2)26)15(13)20(21,22)23/h7-9,12,26H,10H2,1-6H3. The minimum absolute atomic E-state index is 0.00619. The Morgan fingerprint density at radius 2 is 1.89 bits per heavy atom. The maximum Gasteiger partial charge on any atom is 0.417 e. The van der Waals surface area contributed by atoms with E-state index in [1.54, 1.807) is 11.5 Å². The highest BCUT2D eigenvalue weighted by molar-refractivity contribution is 5.88. The molecule has 1 atom stereocenters. The lowest BCUT2D eigenvalue weighted by atomic mass is 9.94. The number of halogens is 3. The van der Waals surface area contributed by atoms with E-state index in [0.29, 0.717) is 11.5 Å². The topological polar surface area (TPSA) is 64.3 Å². The van der Waals surface area contributed by atoms with Gasteiger partial charge in [0.25, 0.3) is 0 Å². The Morgan fingerprint density at radius 1 is 1.29 bits per heavy atom. The summed E-state index contributed by atoms with van der Waals surface area (Å²) in [6.45, 7) is 8.38. The van der Waals surface area contributed by atoms with Crippen molar-refractivity contribution in [2.75, 3.05) is 7.11 Å². The molecule has 1 N–H and O–H groups in total. The fourth-order valence-electron chi connectivity index (χ4n) is 3.21. The number of methoxy groups -OCH3 is 1. The number of hydrogen-bond acceptors (Lipinski definition) is 4. The van der Waals surface area contributed by atoms with Gasteiger partial charge in [-0.3, -0.25) is 0 Å². The first kappa shape index (κ1) is 21.9. The molecule has 0 aliphatic carbocycles. The van der Waals surface area contributed by atoms with Crippen LogP contribution in [0.15, 0.2) is 18.2 Å². The van der Waals surface area contributed by atoms with E-state index in [4.69, 9.17) is 4.74 Å². The van der Waals surface area contributed by atoms with Crippen molar-refractivity contribution in [1.82, 2.24) is 9.55 Å². The van der Waals surface area contributed by atoms with Crippen LogP contribution in [0.5, 0.6) is 0 Å². The fourth-order valence-corrected chi connectivity index (χ4v) is 3.21. The van der Waals surface area contributed by atoms with Crippen molar-refractivity contribution in [3.05, 3.63) is 52.1 Å². The van der Waals surface area contributed by atoms with E-state index in [1.165, 1.54) is 32.2 Å². The van der Waals surface area contributed by atoms with E-state index < -0.39 is 29.2 Å². The highest BCUT2D eigenvalue weighted by atomic mass is 19.4. The van der Waals surface area contributed by atoms with Gasteiger partial charge in [-0.05, 0) is 25.0 Å². The first-order valence-electron chi connectivity index (χ1n) is 8.82. The third kappa shape index (κ3) is 4.22. The van der Waals surface area contributed by atoms with Gasteiger partial charge in [-0.25, -0.2) is 9.78 Å². The number of nitrogens with zero attached hydrogens (tertiary/aromatic N) is 2. The van der Waals surface area contributed by atoms with Crippen LogP contribution in [0.4, 0.5) is 13.2 Å². The quantitative estimate of drug-likeness (QED) is 0.776. The molecule has 1 unspecified atom stereocenters. The number of aromatic nitrogens is 2. The molecule has 0 saturated heterocycles. The average Bonchev–Trinajstić information content (AvgIpc) is 2.90. The number of rotatable bonds is 4. The summed E-state index contributed by atoms with van der Waals surface area (Å²) in [5.74, 6) is -0.170. The fraction of sp³-hybridized carbons (Fsp3) is 0.500. The van der Waals surface area contributed by atoms with E-state index in [2.05, 4.69) is 4.98 Å². The Balaban J connectivity index is 2.71. The molecule has 0 spiro atoms. The summed E-state index contributed by atoms with van der Waals surface area (Å²) in [6, 6.07) is 4.12. The average molecular weight is 398 g/mol. The van der Waals surface area contributed by atoms with E-state index in [1.807, 2.05) is 20.8 Å². The van der Waals surface area contributed by atoms with Crippen molar-refractivity contribution in [2.45, 2.75) is 58.9 Å². The van der Waals surface area contributed by atoms with E-state index >= 15 is 0 Å². The SMILES string of the molecule is COC(=O)c1nc(C(C)(C)C)n(Cc2cccc(C(C)O)c2C(F)(F)F)c1C. The maximum absolute atomic E-state index is 13.8. The summed E-state index contributed by atoms with van der Waals surface area (Å²) >= 11 is 0. The van der Waals surface area contributed by atoms with Gasteiger partial charge < -0.3 is 14.4 Å². The molecule has 0 saturated carbocycles. The summed E-state index contributed by atoms with van der Waals surface area (Å²) in [5.41, 5.74) is -1.07. The van der Waals surface area contributed by atoms with Crippen LogP contribution in [0, 0.1) is 6.92 Å². The number of carbonyl (C=O) groups excluding carboxylic acids is 1. The second kappa shape index (κ2) is 7.58. The molecule has 1 aromatic heterocycles. The number of aliphatic hydroxyl groups excluding tert-OH is 1. The van der Waals surface area contributed by atoms with Gasteiger partial charge in [0.05, 0.1) is 18.8 Å². The van der Waals surface area contributed by atoms with Gasteiger partial charge in [-0.1, -0.05) is 39.0 Å². The molecule has 2 aromatic rings. The number of alkyl halides is 3. The molecule has 154 valence electrons. The van der Waals surface area contributed by atoms with E-state index in [-0.39, 0.29) is 23.4 Å². The Hall–Kier alpha value is -2.35. The Morgan fingerprint density at radius 3 is 2.36 bits per heavy atom. The van der Waals surface area contributed by atoms with Crippen molar-refractivity contribution in [3.8, 4) is 0 Å². The number of imidazole rings is 1. The molecule has 28 heavy (non-hydrogen) atoms. The van der Waals surface area contributed by atoms with Crippen molar-refractivity contribution < 1.29 is 27.8 Å². The van der Waals surface area contributed by atoms with Crippen LogP contribution < -0.4 is 0 Å². The van der Waals surface area contributed by atoms with E-state index in [9.17, 15) is 23.1 Å². The molecule has 0 aliphatic rings. The molecule has 5 nitrogen and oxygen atoms in total. The van der Waals surface area contributed by atoms with Crippen molar-refractivity contribution in [2.24, 2.45) is 0 Å². The predicted molar refractivity (Wildman–Crippen MR) is 98.2 cm³/mol.